The van der Waals surface area contributed by atoms with E-state index >= 15 is 0 Å². The van der Waals surface area contributed by atoms with Gasteiger partial charge in [0, 0.05) is 25.1 Å². The van der Waals surface area contributed by atoms with Crippen molar-refractivity contribution in [3.63, 3.8) is 0 Å². The summed E-state index contributed by atoms with van der Waals surface area (Å²) in [4.78, 5) is 24.3. The van der Waals surface area contributed by atoms with E-state index in [1.165, 1.54) is 17.0 Å². The number of halogens is 1. The summed E-state index contributed by atoms with van der Waals surface area (Å²) in [6, 6.07) is 4.42. The fraction of sp³-hybridized carbons (Fsp3) is 0.333. The summed E-state index contributed by atoms with van der Waals surface area (Å²) < 4.78 is 13.6. The van der Waals surface area contributed by atoms with E-state index in [-0.39, 0.29) is 31.0 Å². The molecule has 0 aromatic heterocycles. The minimum atomic E-state index is -0.522. The molecule has 0 spiro atoms. The molecule has 96 valence electrons. The van der Waals surface area contributed by atoms with Crippen LogP contribution in [0.3, 0.4) is 0 Å². The highest BCUT2D eigenvalue weighted by Crippen LogP contribution is 2.29. The van der Waals surface area contributed by atoms with E-state index < -0.39 is 17.6 Å². The minimum absolute atomic E-state index is 0.00692. The van der Waals surface area contributed by atoms with Crippen LogP contribution >= 0.6 is 0 Å². The zero-order chi connectivity index (χ0) is 13.3. The van der Waals surface area contributed by atoms with Crippen molar-refractivity contribution in [2.24, 2.45) is 17.4 Å². The molecule has 1 aromatic carbocycles. The van der Waals surface area contributed by atoms with Gasteiger partial charge in [-0.2, -0.15) is 0 Å². The van der Waals surface area contributed by atoms with Crippen LogP contribution in [0.4, 0.5) is 10.1 Å². The number of amides is 2. The molecule has 0 saturated carbocycles. The van der Waals surface area contributed by atoms with Crippen molar-refractivity contribution in [3.8, 4) is 0 Å². The molecule has 6 heteroatoms. The van der Waals surface area contributed by atoms with E-state index in [0.717, 1.165) is 0 Å². The standard InChI is InChI=1S/C12H14FN3O2/c13-9-2-1-3-10(8(9)5-14)16-6-7(12(15)18)4-11(16)17/h1-3,7H,4-6,14H2,(H2,15,18). The van der Waals surface area contributed by atoms with Gasteiger partial charge < -0.3 is 16.4 Å². The molecule has 0 aliphatic carbocycles. The van der Waals surface area contributed by atoms with Crippen LogP contribution in [0.2, 0.25) is 0 Å². The lowest BCUT2D eigenvalue weighted by Crippen LogP contribution is -2.29. The van der Waals surface area contributed by atoms with Gasteiger partial charge in [-0.3, -0.25) is 9.59 Å². The monoisotopic (exact) mass is 251 g/mol. The van der Waals surface area contributed by atoms with Crippen LogP contribution in [0.15, 0.2) is 18.2 Å². The molecule has 1 saturated heterocycles. The van der Waals surface area contributed by atoms with E-state index in [4.69, 9.17) is 11.5 Å². The van der Waals surface area contributed by atoms with Crippen molar-refractivity contribution in [1.82, 2.24) is 0 Å². The highest BCUT2D eigenvalue weighted by molar-refractivity contribution is 6.00. The molecule has 5 nitrogen and oxygen atoms in total. The van der Waals surface area contributed by atoms with Gasteiger partial charge in [0.15, 0.2) is 0 Å². The zero-order valence-corrected chi connectivity index (χ0v) is 9.73. The molecule has 4 N–H and O–H groups in total. The Balaban J connectivity index is 2.35. The van der Waals surface area contributed by atoms with E-state index in [0.29, 0.717) is 5.69 Å². The third kappa shape index (κ3) is 2.06. The number of hydrogen-bond donors (Lipinski definition) is 2. The van der Waals surface area contributed by atoms with Crippen LogP contribution in [-0.2, 0) is 16.1 Å². The first-order valence-electron chi connectivity index (χ1n) is 5.61. The predicted molar refractivity (Wildman–Crippen MR) is 63.9 cm³/mol. The first-order chi connectivity index (χ1) is 8.54. The van der Waals surface area contributed by atoms with Crippen molar-refractivity contribution < 1.29 is 14.0 Å². The van der Waals surface area contributed by atoms with Crippen molar-refractivity contribution >= 4 is 17.5 Å². The third-order valence-corrected chi connectivity index (χ3v) is 3.12. The van der Waals surface area contributed by atoms with Gasteiger partial charge in [0.25, 0.3) is 0 Å². The molecule has 1 aromatic rings. The van der Waals surface area contributed by atoms with Crippen molar-refractivity contribution in [1.29, 1.82) is 0 Å². The maximum atomic E-state index is 13.6. The van der Waals surface area contributed by atoms with E-state index in [1.807, 2.05) is 0 Å². The average Bonchev–Trinajstić information content (AvgIpc) is 2.71. The van der Waals surface area contributed by atoms with Crippen LogP contribution in [0.25, 0.3) is 0 Å². The van der Waals surface area contributed by atoms with Crippen LogP contribution in [-0.4, -0.2) is 18.4 Å². The largest absolute Gasteiger partial charge is 0.369 e. The number of carbonyl (C=O) groups excluding carboxylic acids is 2. The second-order valence-electron chi connectivity index (χ2n) is 4.25. The molecular formula is C12H14FN3O2. The minimum Gasteiger partial charge on any atom is -0.369 e. The summed E-state index contributed by atoms with van der Waals surface area (Å²) >= 11 is 0. The molecule has 1 fully saturated rings. The number of rotatable bonds is 3. The molecule has 1 heterocycles. The van der Waals surface area contributed by atoms with Gasteiger partial charge in [-0.15, -0.1) is 0 Å². The molecule has 2 rings (SSSR count). The lowest BCUT2D eigenvalue weighted by molar-refractivity contribution is -0.123. The third-order valence-electron chi connectivity index (χ3n) is 3.12. The van der Waals surface area contributed by atoms with Gasteiger partial charge >= 0.3 is 0 Å². The summed E-state index contributed by atoms with van der Waals surface area (Å²) in [6.45, 7) is 0.178. The van der Waals surface area contributed by atoms with Gasteiger partial charge in [-0.1, -0.05) is 6.07 Å². The lowest BCUT2D eigenvalue weighted by Gasteiger charge is -2.19. The van der Waals surface area contributed by atoms with Crippen molar-refractivity contribution in [2.45, 2.75) is 13.0 Å². The fourth-order valence-corrected chi connectivity index (χ4v) is 2.13. The highest BCUT2D eigenvalue weighted by Gasteiger charge is 2.35. The second-order valence-corrected chi connectivity index (χ2v) is 4.25. The smallest absolute Gasteiger partial charge is 0.227 e. The van der Waals surface area contributed by atoms with E-state index in [2.05, 4.69) is 0 Å². The number of hydrogen-bond acceptors (Lipinski definition) is 3. The molecule has 18 heavy (non-hydrogen) atoms. The Kier molecular flexibility index (Phi) is 3.29. The SMILES string of the molecule is NCc1c(F)cccc1N1CC(C(N)=O)CC1=O. The lowest BCUT2D eigenvalue weighted by atomic mass is 10.1. The molecule has 1 atom stereocenters. The Morgan fingerprint density at radius 3 is 2.78 bits per heavy atom. The van der Waals surface area contributed by atoms with E-state index in [1.54, 1.807) is 6.07 Å². The van der Waals surface area contributed by atoms with Crippen molar-refractivity contribution in [2.75, 3.05) is 11.4 Å². The molecule has 1 aliphatic rings. The summed E-state index contributed by atoms with van der Waals surface area (Å²) in [6.07, 6.45) is 0.0653. The highest BCUT2D eigenvalue weighted by atomic mass is 19.1. The maximum Gasteiger partial charge on any atom is 0.227 e. The fourth-order valence-electron chi connectivity index (χ4n) is 2.13. The Hall–Kier alpha value is -1.95. The number of anilines is 1. The predicted octanol–water partition coefficient (Wildman–Crippen LogP) is 0.123. The van der Waals surface area contributed by atoms with Crippen LogP contribution < -0.4 is 16.4 Å². The van der Waals surface area contributed by atoms with Crippen LogP contribution in [0.1, 0.15) is 12.0 Å². The quantitative estimate of drug-likeness (QED) is 0.799. The summed E-state index contributed by atoms with van der Waals surface area (Å²) in [5, 5.41) is 0. The van der Waals surface area contributed by atoms with Gasteiger partial charge in [-0.05, 0) is 12.1 Å². The zero-order valence-electron chi connectivity index (χ0n) is 9.73. The molecule has 1 aliphatic heterocycles. The van der Waals surface area contributed by atoms with Crippen molar-refractivity contribution in [3.05, 3.63) is 29.6 Å². The Morgan fingerprint density at radius 1 is 1.50 bits per heavy atom. The first-order valence-corrected chi connectivity index (χ1v) is 5.61. The molecule has 2 amide bonds. The maximum absolute atomic E-state index is 13.6. The Labute approximate surface area is 104 Å². The number of nitrogens with zero attached hydrogens (tertiary/aromatic N) is 1. The molecule has 1 unspecified atom stereocenters. The van der Waals surface area contributed by atoms with Gasteiger partial charge in [0.2, 0.25) is 11.8 Å². The summed E-state index contributed by atoms with van der Waals surface area (Å²) in [7, 11) is 0. The summed E-state index contributed by atoms with van der Waals surface area (Å²) in [5.74, 6) is -1.73. The Bertz CT molecular complexity index is 504. The number of nitrogens with two attached hydrogens (primary N) is 2. The summed E-state index contributed by atoms with van der Waals surface area (Å²) in [5.41, 5.74) is 11.4. The first kappa shape index (κ1) is 12.5. The van der Waals surface area contributed by atoms with Gasteiger partial charge in [0.05, 0.1) is 11.6 Å². The van der Waals surface area contributed by atoms with Crippen LogP contribution in [0, 0.1) is 11.7 Å². The Morgan fingerprint density at radius 2 is 2.22 bits per heavy atom. The molecular weight excluding hydrogens is 237 g/mol. The molecule has 0 radical (unpaired) electrons. The average molecular weight is 251 g/mol. The van der Waals surface area contributed by atoms with Crippen LogP contribution in [0.5, 0.6) is 0 Å². The number of carbonyl (C=O) groups is 2. The van der Waals surface area contributed by atoms with Gasteiger partial charge in [-0.25, -0.2) is 4.39 Å². The molecule has 0 bridgehead atoms. The number of primary amides is 1. The van der Waals surface area contributed by atoms with E-state index in [9.17, 15) is 14.0 Å². The van der Waals surface area contributed by atoms with Gasteiger partial charge in [0.1, 0.15) is 5.82 Å². The normalized spacial score (nSPS) is 19.3. The second kappa shape index (κ2) is 4.73. The number of benzene rings is 1. The topological polar surface area (TPSA) is 89.4 Å².